The van der Waals surface area contributed by atoms with Crippen molar-refractivity contribution in [2.75, 3.05) is 0 Å². The van der Waals surface area contributed by atoms with E-state index in [0.717, 1.165) is 5.56 Å². The molecule has 182 valence electrons. The van der Waals surface area contributed by atoms with Crippen molar-refractivity contribution >= 4 is 35.2 Å². The number of nitrogens with zero attached hydrogens (tertiary/aromatic N) is 1. The molecule has 1 aliphatic heterocycles. The van der Waals surface area contributed by atoms with Crippen molar-refractivity contribution in [1.29, 1.82) is 5.26 Å². The van der Waals surface area contributed by atoms with Gasteiger partial charge in [-0.15, -0.1) is 0 Å². The minimum absolute atomic E-state index is 0.0540. The Morgan fingerprint density at radius 3 is 2.36 bits per heavy atom. The van der Waals surface area contributed by atoms with Crippen LogP contribution >= 0.6 is 23.2 Å². The molecule has 3 aromatic rings. The second kappa shape index (κ2) is 10.1. The highest BCUT2D eigenvalue weighted by Crippen LogP contribution is 2.47. The number of nitrogens with two attached hydrogens (primary N) is 1. The van der Waals surface area contributed by atoms with Crippen molar-refractivity contribution in [3.63, 3.8) is 0 Å². The first-order valence-electron chi connectivity index (χ1n) is 11.2. The predicted octanol–water partition coefficient (Wildman–Crippen LogP) is 7.13. The van der Waals surface area contributed by atoms with E-state index >= 15 is 0 Å². The molecule has 0 bridgehead atoms. The highest BCUT2D eigenvalue weighted by Gasteiger charge is 2.33. The van der Waals surface area contributed by atoms with E-state index in [1.54, 1.807) is 42.5 Å². The molecule has 0 aliphatic carbocycles. The van der Waals surface area contributed by atoms with Gasteiger partial charge in [0.05, 0.1) is 5.92 Å². The molecule has 0 radical (unpaired) electrons. The molecule has 0 aromatic heterocycles. The molecular weight excluding hydrogens is 495 g/mol. The van der Waals surface area contributed by atoms with E-state index < -0.39 is 11.9 Å². The van der Waals surface area contributed by atoms with E-state index in [0.29, 0.717) is 26.9 Å². The lowest BCUT2D eigenvalue weighted by Gasteiger charge is -2.27. The van der Waals surface area contributed by atoms with Gasteiger partial charge in [0.1, 0.15) is 23.1 Å². The molecule has 1 atom stereocenters. The Labute approximate surface area is 220 Å². The lowest BCUT2D eigenvalue weighted by atomic mass is 9.83. The van der Waals surface area contributed by atoms with Gasteiger partial charge in [-0.1, -0.05) is 80.4 Å². The Morgan fingerprint density at radius 1 is 1.08 bits per heavy atom. The highest BCUT2D eigenvalue weighted by molar-refractivity contribution is 6.36. The summed E-state index contributed by atoms with van der Waals surface area (Å²) in [7, 11) is 0. The minimum Gasteiger partial charge on any atom is -0.440 e. The zero-order valence-corrected chi connectivity index (χ0v) is 21.5. The van der Waals surface area contributed by atoms with E-state index in [-0.39, 0.29) is 22.6 Å². The molecule has 7 heteroatoms. The van der Waals surface area contributed by atoms with E-state index in [1.807, 2.05) is 24.3 Å². The zero-order valence-electron chi connectivity index (χ0n) is 20.0. The molecule has 1 aliphatic rings. The monoisotopic (exact) mass is 518 g/mol. The average Bonchev–Trinajstić information content (AvgIpc) is 2.82. The van der Waals surface area contributed by atoms with Gasteiger partial charge < -0.3 is 15.2 Å². The van der Waals surface area contributed by atoms with Gasteiger partial charge in [0.2, 0.25) is 5.88 Å². The number of halogens is 2. The van der Waals surface area contributed by atoms with Crippen LogP contribution in [0.1, 0.15) is 48.9 Å². The van der Waals surface area contributed by atoms with Crippen molar-refractivity contribution in [2.45, 2.75) is 32.1 Å². The van der Waals surface area contributed by atoms with Crippen LogP contribution < -0.4 is 15.2 Å². The number of hydrogen-bond acceptors (Lipinski definition) is 5. The van der Waals surface area contributed by atoms with Crippen molar-refractivity contribution in [1.82, 2.24) is 0 Å². The number of esters is 1. The summed E-state index contributed by atoms with van der Waals surface area (Å²) in [6.45, 7) is 6.44. The number of fused-ring (bicyclic) bond motifs is 1. The molecule has 4 rings (SSSR count). The van der Waals surface area contributed by atoms with Crippen molar-refractivity contribution in [3.8, 4) is 17.6 Å². The largest absolute Gasteiger partial charge is 0.440 e. The van der Waals surface area contributed by atoms with Crippen LogP contribution in [0.5, 0.6) is 11.5 Å². The Bertz CT molecular complexity index is 1410. The molecule has 0 saturated heterocycles. The Kier molecular flexibility index (Phi) is 7.12. The standard InChI is InChI=1S/C29H24Cl2N2O3/c1-29(2,3)18-10-7-17(8-11-18)9-14-25(34)35-19-12-13-20-24(15-19)36-28(33)21(16-32)26(20)27-22(30)5-4-6-23(27)31/h4-15,26H,33H2,1-3H3/b14-9+. The summed E-state index contributed by atoms with van der Waals surface area (Å²) in [6, 6.07) is 20.1. The van der Waals surface area contributed by atoms with Crippen molar-refractivity contribution < 1.29 is 14.3 Å². The van der Waals surface area contributed by atoms with Crippen LogP contribution in [-0.2, 0) is 10.2 Å². The topological polar surface area (TPSA) is 85.3 Å². The first kappa shape index (κ1) is 25.4. The number of carbonyl (C=O) groups excluding carboxylic acids is 1. The fourth-order valence-corrected chi connectivity index (χ4v) is 4.61. The first-order chi connectivity index (χ1) is 17.1. The number of rotatable bonds is 4. The predicted molar refractivity (Wildman–Crippen MR) is 142 cm³/mol. The van der Waals surface area contributed by atoms with Gasteiger partial charge in [-0.25, -0.2) is 4.79 Å². The molecule has 0 fully saturated rings. The van der Waals surface area contributed by atoms with Crippen molar-refractivity contribution in [2.24, 2.45) is 5.73 Å². The maximum Gasteiger partial charge on any atom is 0.336 e. The number of benzene rings is 3. The quantitative estimate of drug-likeness (QED) is 0.225. The summed E-state index contributed by atoms with van der Waals surface area (Å²) >= 11 is 12.9. The summed E-state index contributed by atoms with van der Waals surface area (Å²) in [5.74, 6) is -0.616. The number of nitriles is 1. The van der Waals surface area contributed by atoms with Crippen LogP contribution in [0.15, 0.2) is 78.2 Å². The van der Waals surface area contributed by atoms with Crippen LogP contribution in [0.4, 0.5) is 0 Å². The van der Waals surface area contributed by atoms with Gasteiger partial charge in [-0.3, -0.25) is 0 Å². The maximum atomic E-state index is 12.5. The van der Waals surface area contributed by atoms with E-state index in [1.165, 1.54) is 11.6 Å². The summed E-state index contributed by atoms with van der Waals surface area (Å²) in [6.07, 6.45) is 3.06. The SMILES string of the molecule is CC(C)(C)c1ccc(/C=C/C(=O)Oc2ccc3c(c2)OC(N)=C(C#N)C3c2c(Cl)cccc2Cl)cc1. The maximum absolute atomic E-state index is 12.5. The molecule has 0 spiro atoms. The van der Waals surface area contributed by atoms with Gasteiger partial charge in [-0.05, 0) is 40.8 Å². The smallest absolute Gasteiger partial charge is 0.336 e. The lowest BCUT2D eigenvalue weighted by molar-refractivity contribution is -0.128. The van der Waals surface area contributed by atoms with E-state index in [4.69, 9.17) is 38.4 Å². The van der Waals surface area contributed by atoms with Gasteiger partial charge in [-0.2, -0.15) is 5.26 Å². The minimum atomic E-state index is -0.624. The van der Waals surface area contributed by atoms with Gasteiger partial charge in [0.25, 0.3) is 0 Å². The van der Waals surface area contributed by atoms with E-state index in [9.17, 15) is 10.1 Å². The molecule has 0 amide bonds. The fourth-order valence-electron chi connectivity index (χ4n) is 3.99. The van der Waals surface area contributed by atoms with Crippen LogP contribution in [-0.4, -0.2) is 5.97 Å². The van der Waals surface area contributed by atoms with Crippen LogP contribution in [0, 0.1) is 11.3 Å². The molecule has 0 saturated carbocycles. The van der Waals surface area contributed by atoms with Crippen molar-refractivity contribution in [3.05, 3.63) is 110 Å². The Balaban J connectivity index is 1.57. The number of hydrogen-bond donors (Lipinski definition) is 1. The highest BCUT2D eigenvalue weighted by atomic mass is 35.5. The molecule has 2 N–H and O–H groups in total. The van der Waals surface area contributed by atoms with Gasteiger partial charge >= 0.3 is 5.97 Å². The molecular formula is C29H24Cl2N2O3. The molecule has 1 heterocycles. The third-order valence-electron chi connectivity index (χ3n) is 5.89. The number of carbonyl (C=O) groups is 1. The van der Waals surface area contributed by atoms with E-state index in [2.05, 4.69) is 26.8 Å². The number of ether oxygens (including phenoxy) is 2. The van der Waals surface area contributed by atoms with Crippen LogP contribution in [0.2, 0.25) is 10.0 Å². The first-order valence-corrected chi connectivity index (χ1v) is 12.0. The second-order valence-electron chi connectivity index (χ2n) is 9.39. The van der Waals surface area contributed by atoms with Gasteiger partial charge in [0, 0.05) is 33.3 Å². The molecule has 1 unspecified atom stereocenters. The third-order valence-corrected chi connectivity index (χ3v) is 6.55. The molecule has 36 heavy (non-hydrogen) atoms. The average molecular weight is 519 g/mol. The summed E-state index contributed by atoms with van der Waals surface area (Å²) in [4.78, 5) is 12.5. The Morgan fingerprint density at radius 2 is 1.75 bits per heavy atom. The normalized spacial score (nSPS) is 15.3. The van der Waals surface area contributed by atoms with Crippen LogP contribution in [0.25, 0.3) is 6.08 Å². The van der Waals surface area contributed by atoms with Gasteiger partial charge in [0.15, 0.2) is 0 Å². The number of allylic oxidation sites excluding steroid dienone is 1. The van der Waals surface area contributed by atoms with Crippen LogP contribution in [0.3, 0.4) is 0 Å². The molecule has 5 nitrogen and oxygen atoms in total. The summed E-state index contributed by atoms with van der Waals surface area (Å²) < 4.78 is 11.2. The summed E-state index contributed by atoms with van der Waals surface area (Å²) in [5, 5.41) is 10.6. The third kappa shape index (κ3) is 5.26. The fraction of sp³-hybridized carbons (Fsp3) is 0.172. The lowest BCUT2D eigenvalue weighted by Crippen LogP contribution is -2.21. The summed E-state index contributed by atoms with van der Waals surface area (Å²) in [5.41, 5.74) is 9.59. The zero-order chi connectivity index (χ0) is 26.0. The molecule has 3 aromatic carbocycles. The Hall–Kier alpha value is -3.72. The second-order valence-corrected chi connectivity index (χ2v) is 10.2.